The average Bonchev–Trinajstić information content (AvgIpc) is 2.67. The van der Waals surface area contributed by atoms with Gasteiger partial charge in [-0.2, -0.15) is 0 Å². The number of nitrogens with one attached hydrogen (secondary N) is 1. The van der Waals surface area contributed by atoms with Crippen LogP contribution in [-0.4, -0.2) is 55.7 Å². The fraction of sp³-hybridized carbons (Fsp3) is 0.389. The second-order valence-corrected chi connectivity index (χ2v) is 5.99. The van der Waals surface area contributed by atoms with Gasteiger partial charge in [0.05, 0.1) is 7.11 Å². The monoisotopic (exact) mass is 341 g/mol. The molecule has 2 heterocycles. The van der Waals surface area contributed by atoms with Crippen molar-refractivity contribution in [3.05, 3.63) is 42.4 Å². The highest BCUT2D eigenvalue weighted by molar-refractivity contribution is 5.86. The molecule has 1 saturated heterocycles. The number of nitrogens with zero attached hydrogens (tertiary/aromatic N) is 4. The summed E-state index contributed by atoms with van der Waals surface area (Å²) in [6.07, 6.45) is 1.54. The zero-order valence-corrected chi connectivity index (χ0v) is 14.8. The van der Waals surface area contributed by atoms with Gasteiger partial charge in [-0.3, -0.25) is 4.79 Å². The first-order valence-electron chi connectivity index (χ1n) is 8.28. The van der Waals surface area contributed by atoms with Crippen LogP contribution in [-0.2, 0) is 4.79 Å². The van der Waals surface area contributed by atoms with Crippen molar-refractivity contribution in [2.45, 2.75) is 13.0 Å². The van der Waals surface area contributed by atoms with E-state index >= 15 is 0 Å². The SMILES string of the molecule is CNC(=O)[C@@H]1CN(c2ccc(OC)cc2)CCN1c1cc(C)ncn1. The molecule has 1 amide bonds. The Morgan fingerprint density at radius 2 is 2.00 bits per heavy atom. The van der Waals surface area contributed by atoms with Crippen molar-refractivity contribution >= 4 is 17.4 Å². The maximum atomic E-state index is 12.5. The molecule has 1 aromatic heterocycles. The molecule has 0 unspecified atom stereocenters. The molecule has 1 aliphatic rings. The number of anilines is 2. The van der Waals surface area contributed by atoms with E-state index in [0.717, 1.165) is 29.5 Å². The summed E-state index contributed by atoms with van der Waals surface area (Å²) < 4.78 is 5.21. The lowest BCUT2D eigenvalue weighted by molar-refractivity contribution is -0.121. The van der Waals surface area contributed by atoms with Gasteiger partial charge < -0.3 is 19.9 Å². The molecule has 0 spiro atoms. The van der Waals surface area contributed by atoms with Crippen LogP contribution in [0.4, 0.5) is 11.5 Å². The second-order valence-electron chi connectivity index (χ2n) is 5.99. The van der Waals surface area contributed by atoms with Crippen molar-refractivity contribution in [1.29, 1.82) is 0 Å². The topological polar surface area (TPSA) is 70.6 Å². The van der Waals surface area contributed by atoms with E-state index in [4.69, 9.17) is 4.74 Å². The van der Waals surface area contributed by atoms with Crippen LogP contribution in [0.5, 0.6) is 5.75 Å². The summed E-state index contributed by atoms with van der Waals surface area (Å²) in [6.45, 7) is 4.03. The quantitative estimate of drug-likeness (QED) is 0.902. The summed E-state index contributed by atoms with van der Waals surface area (Å²) in [7, 11) is 3.32. The lowest BCUT2D eigenvalue weighted by Crippen LogP contribution is -2.59. The Hall–Kier alpha value is -2.83. The normalized spacial score (nSPS) is 17.3. The molecule has 7 heteroatoms. The van der Waals surface area contributed by atoms with Crippen molar-refractivity contribution < 1.29 is 9.53 Å². The number of piperazine rings is 1. The van der Waals surface area contributed by atoms with E-state index in [0.29, 0.717) is 13.1 Å². The van der Waals surface area contributed by atoms with Crippen LogP contribution in [0, 0.1) is 6.92 Å². The number of carbonyl (C=O) groups excluding carboxylic acids is 1. The Labute approximate surface area is 147 Å². The van der Waals surface area contributed by atoms with Gasteiger partial charge >= 0.3 is 0 Å². The number of benzene rings is 1. The highest BCUT2D eigenvalue weighted by Crippen LogP contribution is 2.25. The van der Waals surface area contributed by atoms with Crippen LogP contribution in [0.1, 0.15) is 5.69 Å². The smallest absolute Gasteiger partial charge is 0.244 e. The van der Waals surface area contributed by atoms with Gasteiger partial charge in [-0.25, -0.2) is 9.97 Å². The molecule has 132 valence electrons. The Morgan fingerprint density at radius 3 is 2.64 bits per heavy atom. The predicted molar refractivity (Wildman–Crippen MR) is 97.2 cm³/mol. The van der Waals surface area contributed by atoms with E-state index < -0.39 is 0 Å². The van der Waals surface area contributed by atoms with Gasteiger partial charge in [0.15, 0.2) is 0 Å². The summed E-state index contributed by atoms with van der Waals surface area (Å²) >= 11 is 0. The van der Waals surface area contributed by atoms with Crippen LogP contribution in [0.2, 0.25) is 0 Å². The van der Waals surface area contributed by atoms with E-state index in [-0.39, 0.29) is 11.9 Å². The third-order valence-corrected chi connectivity index (χ3v) is 4.45. The molecule has 7 nitrogen and oxygen atoms in total. The van der Waals surface area contributed by atoms with Crippen molar-refractivity contribution in [3.63, 3.8) is 0 Å². The minimum absolute atomic E-state index is 0.0190. The van der Waals surface area contributed by atoms with Crippen LogP contribution >= 0.6 is 0 Å². The maximum Gasteiger partial charge on any atom is 0.244 e. The van der Waals surface area contributed by atoms with Crippen molar-refractivity contribution in [2.75, 3.05) is 43.6 Å². The number of carbonyl (C=O) groups is 1. The van der Waals surface area contributed by atoms with E-state index in [2.05, 4.69) is 20.2 Å². The first kappa shape index (κ1) is 17.0. The molecule has 1 aromatic carbocycles. The molecule has 2 aromatic rings. The summed E-state index contributed by atoms with van der Waals surface area (Å²) in [4.78, 5) is 25.2. The maximum absolute atomic E-state index is 12.5. The highest BCUT2D eigenvalue weighted by atomic mass is 16.5. The molecule has 3 rings (SSSR count). The Bertz CT molecular complexity index is 735. The number of likely N-dealkylation sites (N-methyl/N-ethyl adjacent to an activating group) is 1. The summed E-state index contributed by atoms with van der Waals surface area (Å²) in [6, 6.07) is 9.51. The number of rotatable bonds is 4. The van der Waals surface area contributed by atoms with Gasteiger partial charge in [-0.05, 0) is 31.2 Å². The zero-order chi connectivity index (χ0) is 17.8. The molecule has 0 saturated carbocycles. The van der Waals surface area contributed by atoms with Gasteiger partial charge in [0.1, 0.15) is 23.9 Å². The predicted octanol–water partition coefficient (Wildman–Crippen LogP) is 1.23. The van der Waals surface area contributed by atoms with Gasteiger partial charge in [-0.1, -0.05) is 0 Å². The molecule has 0 bridgehead atoms. The van der Waals surface area contributed by atoms with Crippen molar-refractivity contribution in [2.24, 2.45) is 0 Å². The van der Waals surface area contributed by atoms with Gasteiger partial charge in [-0.15, -0.1) is 0 Å². The Kier molecular flexibility index (Phi) is 5.02. The zero-order valence-electron chi connectivity index (χ0n) is 14.8. The Morgan fingerprint density at radius 1 is 1.24 bits per heavy atom. The summed E-state index contributed by atoms with van der Waals surface area (Å²) in [5.74, 6) is 1.59. The third kappa shape index (κ3) is 3.65. The molecule has 0 radical (unpaired) electrons. The Balaban J connectivity index is 1.83. The number of aryl methyl sites for hydroxylation is 1. The van der Waals surface area contributed by atoms with Gasteiger partial charge in [0.2, 0.25) is 5.91 Å². The molecule has 0 aliphatic carbocycles. The lowest BCUT2D eigenvalue weighted by Gasteiger charge is -2.42. The van der Waals surface area contributed by atoms with Crippen molar-refractivity contribution in [3.8, 4) is 5.75 Å². The fourth-order valence-electron chi connectivity index (χ4n) is 3.07. The number of hydrogen-bond donors (Lipinski definition) is 1. The van der Waals surface area contributed by atoms with Crippen LogP contribution in [0.15, 0.2) is 36.7 Å². The summed E-state index contributed by atoms with van der Waals surface area (Å²) in [5.41, 5.74) is 1.96. The second kappa shape index (κ2) is 7.38. The summed E-state index contributed by atoms with van der Waals surface area (Å²) in [5, 5.41) is 2.77. The first-order valence-corrected chi connectivity index (χ1v) is 8.28. The number of aromatic nitrogens is 2. The largest absolute Gasteiger partial charge is 0.497 e. The lowest BCUT2D eigenvalue weighted by atomic mass is 10.1. The molecule has 1 atom stereocenters. The number of ether oxygens (including phenoxy) is 1. The number of hydrogen-bond acceptors (Lipinski definition) is 6. The molecule has 1 N–H and O–H groups in total. The standard InChI is InChI=1S/C18H23N5O2/c1-13-10-17(21-12-20-13)23-9-8-22(11-16(23)18(24)19-2)14-4-6-15(25-3)7-5-14/h4-7,10,12,16H,8-9,11H2,1-3H3,(H,19,24)/t16-/m0/s1. The van der Waals surface area contributed by atoms with E-state index in [1.54, 1.807) is 20.5 Å². The first-order chi connectivity index (χ1) is 12.1. The minimum Gasteiger partial charge on any atom is -0.497 e. The highest BCUT2D eigenvalue weighted by Gasteiger charge is 2.33. The molecule has 1 aliphatic heterocycles. The van der Waals surface area contributed by atoms with E-state index in [1.165, 1.54) is 0 Å². The molecular weight excluding hydrogens is 318 g/mol. The fourth-order valence-corrected chi connectivity index (χ4v) is 3.07. The van der Waals surface area contributed by atoms with Gasteiger partial charge in [0, 0.05) is 44.1 Å². The number of amides is 1. The molecule has 1 fully saturated rings. The minimum atomic E-state index is -0.310. The van der Waals surface area contributed by atoms with Crippen molar-refractivity contribution in [1.82, 2.24) is 15.3 Å². The third-order valence-electron chi connectivity index (χ3n) is 4.45. The van der Waals surface area contributed by atoms with Crippen LogP contribution in [0.25, 0.3) is 0 Å². The van der Waals surface area contributed by atoms with Crippen LogP contribution < -0.4 is 19.9 Å². The van der Waals surface area contributed by atoms with Gasteiger partial charge in [0.25, 0.3) is 0 Å². The van der Waals surface area contributed by atoms with E-state index in [1.807, 2.05) is 42.2 Å². The average molecular weight is 341 g/mol. The molecule has 25 heavy (non-hydrogen) atoms. The van der Waals surface area contributed by atoms with E-state index in [9.17, 15) is 4.79 Å². The number of methoxy groups -OCH3 is 1. The van der Waals surface area contributed by atoms with Crippen LogP contribution in [0.3, 0.4) is 0 Å². The molecular formula is C18H23N5O2.